The Bertz CT molecular complexity index is 433. The molecule has 0 heterocycles. The summed E-state index contributed by atoms with van der Waals surface area (Å²) in [6.45, 7) is 7.85. The lowest BCUT2D eigenvalue weighted by Gasteiger charge is -2.24. The Balaban J connectivity index is 3.39. The van der Waals surface area contributed by atoms with Crippen LogP contribution in [-0.2, 0) is 9.47 Å². The van der Waals surface area contributed by atoms with Gasteiger partial charge in [-0.3, -0.25) is 0 Å². The van der Waals surface area contributed by atoms with Gasteiger partial charge in [0.1, 0.15) is 0 Å². The second kappa shape index (κ2) is 28.6. The quantitative estimate of drug-likeness (QED) is 0.0865. The molecule has 0 radical (unpaired) electrons. The van der Waals surface area contributed by atoms with Crippen molar-refractivity contribution in [1.29, 1.82) is 0 Å². The van der Waals surface area contributed by atoms with E-state index in [2.05, 4.69) is 57.1 Å². The van der Waals surface area contributed by atoms with Crippen LogP contribution in [0.3, 0.4) is 0 Å². The maximum Gasteiger partial charge on any atom is 0.0644 e. The third-order valence-corrected chi connectivity index (χ3v) is 6.48. The monoisotopic (exact) mass is 479 g/mol. The van der Waals surface area contributed by atoms with Gasteiger partial charge < -0.3 is 14.4 Å². The van der Waals surface area contributed by atoms with E-state index in [1.54, 1.807) is 0 Å². The Kier molecular flexibility index (Phi) is 28.1. The summed E-state index contributed by atoms with van der Waals surface area (Å²) in [7, 11) is 4.25. The molecule has 0 aliphatic carbocycles. The lowest BCUT2D eigenvalue weighted by Crippen LogP contribution is -2.37. The molecule has 0 aromatic heterocycles. The Hall–Kier alpha value is -0.640. The molecular formula is C31H61NO2. The van der Waals surface area contributed by atoms with Crippen LogP contribution >= 0.6 is 0 Å². The molecule has 34 heavy (non-hydrogen) atoms. The summed E-state index contributed by atoms with van der Waals surface area (Å²) in [6.07, 6.45) is 32.8. The van der Waals surface area contributed by atoms with Crippen LogP contribution in [-0.4, -0.2) is 51.5 Å². The summed E-state index contributed by atoms with van der Waals surface area (Å²) in [4.78, 5) is 2.23. The number of unbranched alkanes of at least 4 members (excludes halogenated alkanes) is 14. The Morgan fingerprint density at radius 1 is 0.529 bits per heavy atom. The van der Waals surface area contributed by atoms with Crippen molar-refractivity contribution in [3.05, 3.63) is 24.3 Å². The van der Waals surface area contributed by atoms with E-state index in [0.29, 0.717) is 6.04 Å². The molecule has 0 rings (SSSR count). The SMILES string of the molecule is CCCCC/C=C\C/C=C\CCCCCCCCCCOCC(COCCCCCC)N(C)C. The molecule has 0 bridgehead atoms. The van der Waals surface area contributed by atoms with E-state index in [0.717, 1.165) is 32.8 Å². The molecule has 1 atom stereocenters. The second-order valence-corrected chi connectivity index (χ2v) is 10.1. The molecule has 0 amide bonds. The number of likely N-dealkylation sites (N-methyl/N-ethyl adjacent to an activating group) is 1. The number of nitrogens with zero attached hydrogens (tertiary/aromatic N) is 1. The van der Waals surface area contributed by atoms with Gasteiger partial charge in [0.15, 0.2) is 0 Å². The minimum absolute atomic E-state index is 0.369. The molecule has 0 aromatic rings. The van der Waals surface area contributed by atoms with Crippen molar-refractivity contribution in [3.8, 4) is 0 Å². The summed E-state index contributed by atoms with van der Waals surface area (Å²) < 4.78 is 11.8. The van der Waals surface area contributed by atoms with Gasteiger partial charge in [0.25, 0.3) is 0 Å². The van der Waals surface area contributed by atoms with E-state index in [9.17, 15) is 0 Å². The molecule has 202 valence electrons. The highest BCUT2D eigenvalue weighted by Gasteiger charge is 2.11. The molecule has 0 aliphatic rings. The van der Waals surface area contributed by atoms with Gasteiger partial charge in [0.2, 0.25) is 0 Å². The van der Waals surface area contributed by atoms with Crippen molar-refractivity contribution in [2.45, 2.75) is 135 Å². The molecule has 1 unspecified atom stereocenters. The zero-order valence-corrected chi connectivity index (χ0v) is 23.7. The highest BCUT2D eigenvalue weighted by atomic mass is 16.5. The summed E-state index contributed by atoms with van der Waals surface area (Å²) >= 11 is 0. The predicted molar refractivity (Wildman–Crippen MR) is 152 cm³/mol. The van der Waals surface area contributed by atoms with Crippen LogP contribution < -0.4 is 0 Å². The van der Waals surface area contributed by atoms with E-state index in [-0.39, 0.29) is 0 Å². The average Bonchev–Trinajstić information content (AvgIpc) is 2.83. The van der Waals surface area contributed by atoms with E-state index in [4.69, 9.17) is 9.47 Å². The van der Waals surface area contributed by atoms with Gasteiger partial charge in [-0.05, 0) is 59.0 Å². The zero-order valence-electron chi connectivity index (χ0n) is 23.7. The molecule has 0 saturated heterocycles. The van der Waals surface area contributed by atoms with Crippen molar-refractivity contribution in [1.82, 2.24) is 4.90 Å². The first-order chi connectivity index (χ1) is 16.7. The molecule has 0 saturated carbocycles. The molecule has 0 N–H and O–H groups in total. The van der Waals surface area contributed by atoms with Crippen molar-refractivity contribution in [2.75, 3.05) is 40.5 Å². The summed E-state index contributed by atoms with van der Waals surface area (Å²) in [5.74, 6) is 0. The third kappa shape index (κ3) is 26.0. The maximum absolute atomic E-state index is 5.95. The van der Waals surface area contributed by atoms with Crippen LogP contribution in [0, 0.1) is 0 Å². The van der Waals surface area contributed by atoms with Gasteiger partial charge in [-0.15, -0.1) is 0 Å². The fraction of sp³-hybridized carbons (Fsp3) is 0.871. The van der Waals surface area contributed by atoms with Gasteiger partial charge in [0, 0.05) is 13.2 Å². The highest BCUT2D eigenvalue weighted by molar-refractivity contribution is 4.92. The van der Waals surface area contributed by atoms with Crippen LogP contribution in [0.15, 0.2) is 24.3 Å². The van der Waals surface area contributed by atoms with Crippen LogP contribution in [0.1, 0.15) is 129 Å². The molecule has 0 aromatic carbocycles. The van der Waals surface area contributed by atoms with E-state index in [1.807, 2.05) is 0 Å². The van der Waals surface area contributed by atoms with Crippen molar-refractivity contribution in [2.24, 2.45) is 0 Å². The van der Waals surface area contributed by atoms with Crippen molar-refractivity contribution >= 4 is 0 Å². The first-order valence-electron chi connectivity index (χ1n) is 14.8. The number of hydrogen-bond acceptors (Lipinski definition) is 3. The number of allylic oxidation sites excluding steroid dienone is 4. The molecule has 3 nitrogen and oxygen atoms in total. The largest absolute Gasteiger partial charge is 0.380 e. The lowest BCUT2D eigenvalue weighted by atomic mass is 10.1. The number of hydrogen-bond donors (Lipinski definition) is 0. The predicted octanol–water partition coefficient (Wildman–Crippen LogP) is 9.12. The van der Waals surface area contributed by atoms with Crippen LogP contribution in [0.4, 0.5) is 0 Å². The van der Waals surface area contributed by atoms with Gasteiger partial charge in [-0.2, -0.15) is 0 Å². The summed E-state index contributed by atoms with van der Waals surface area (Å²) in [6, 6.07) is 0.369. The Morgan fingerprint density at radius 2 is 0.941 bits per heavy atom. The number of rotatable bonds is 27. The van der Waals surface area contributed by atoms with Crippen LogP contribution in [0.5, 0.6) is 0 Å². The van der Waals surface area contributed by atoms with Crippen molar-refractivity contribution in [3.63, 3.8) is 0 Å². The van der Waals surface area contributed by atoms with E-state index < -0.39 is 0 Å². The smallest absolute Gasteiger partial charge is 0.0644 e. The Labute approximate surface area is 214 Å². The van der Waals surface area contributed by atoms with E-state index >= 15 is 0 Å². The first kappa shape index (κ1) is 33.4. The fourth-order valence-corrected chi connectivity index (χ4v) is 3.96. The normalized spacial score (nSPS) is 13.1. The van der Waals surface area contributed by atoms with Gasteiger partial charge >= 0.3 is 0 Å². The molecule has 3 heteroatoms. The lowest BCUT2D eigenvalue weighted by molar-refractivity contribution is 0.0198. The average molecular weight is 480 g/mol. The van der Waals surface area contributed by atoms with Gasteiger partial charge in [-0.25, -0.2) is 0 Å². The summed E-state index contributed by atoms with van der Waals surface area (Å²) in [5.41, 5.74) is 0. The Morgan fingerprint density at radius 3 is 1.44 bits per heavy atom. The second-order valence-electron chi connectivity index (χ2n) is 10.1. The minimum Gasteiger partial charge on any atom is -0.380 e. The van der Waals surface area contributed by atoms with E-state index in [1.165, 1.54) is 109 Å². The maximum atomic E-state index is 5.95. The number of ether oxygens (including phenoxy) is 2. The van der Waals surface area contributed by atoms with Crippen LogP contribution in [0.2, 0.25) is 0 Å². The fourth-order valence-electron chi connectivity index (χ4n) is 3.96. The van der Waals surface area contributed by atoms with Crippen molar-refractivity contribution < 1.29 is 9.47 Å². The topological polar surface area (TPSA) is 21.7 Å². The van der Waals surface area contributed by atoms with Gasteiger partial charge in [-0.1, -0.05) is 109 Å². The van der Waals surface area contributed by atoms with Gasteiger partial charge in [0.05, 0.1) is 19.3 Å². The molecular weight excluding hydrogens is 418 g/mol. The minimum atomic E-state index is 0.369. The van der Waals surface area contributed by atoms with Crippen LogP contribution in [0.25, 0.3) is 0 Å². The molecule has 0 aliphatic heterocycles. The standard InChI is InChI=1S/C31H61NO2/c1-5-7-9-11-12-13-14-15-16-17-18-19-20-21-22-23-24-26-28-34-30-31(32(3)4)29-33-27-25-10-8-6-2/h12-13,15-16,31H,5-11,14,17-30H2,1-4H3/b13-12-,16-15-. The zero-order chi connectivity index (χ0) is 25.0. The third-order valence-electron chi connectivity index (χ3n) is 6.48. The highest BCUT2D eigenvalue weighted by Crippen LogP contribution is 2.10. The first-order valence-corrected chi connectivity index (χ1v) is 14.8. The summed E-state index contributed by atoms with van der Waals surface area (Å²) in [5, 5.41) is 0. The molecule has 0 fully saturated rings. The molecule has 0 spiro atoms.